The number of ketones is 1. The maximum atomic E-state index is 13.5. The number of esters is 1. The van der Waals surface area contributed by atoms with E-state index in [1.807, 2.05) is 0 Å². The van der Waals surface area contributed by atoms with Gasteiger partial charge in [-0.15, -0.1) is 0 Å². The highest BCUT2D eigenvalue weighted by Gasteiger charge is 2.21. The van der Waals surface area contributed by atoms with E-state index in [1.54, 1.807) is 18.2 Å². The molecule has 1 N–H and O–H groups in total. The summed E-state index contributed by atoms with van der Waals surface area (Å²) in [7, 11) is 0. The van der Waals surface area contributed by atoms with Gasteiger partial charge in [0.05, 0.1) is 5.56 Å². The van der Waals surface area contributed by atoms with E-state index in [1.165, 1.54) is 38.1 Å². The van der Waals surface area contributed by atoms with Gasteiger partial charge in [-0.25, -0.2) is 9.18 Å². The number of carbonyl (C=O) groups is 3. The summed E-state index contributed by atoms with van der Waals surface area (Å²) in [6.45, 7) is 2.79. The van der Waals surface area contributed by atoms with Crippen molar-refractivity contribution in [3.05, 3.63) is 65.5 Å². The number of anilines is 1. The Kier molecular flexibility index (Phi) is 5.42. The molecule has 0 saturated heterocycles. The molecule has 1 atom stereocenters. The van der Waals surface area contributed by atoms with Gasteiger partial charge in [-0.2, -0.15) is 0 Å². The molecule has 6 heteroatoms. The lowest BCUT2D eigenvalue weighted by atomic mass is 10.1. The van der Waals surface area contributed by atoms with Gasteiger partial charge >= 0.3 is 5.97 Å². The summed E-state index contributed by atoms with van der Waals surface area (Å²) in [5.41, 5.74) is 0.612. The van der Waals surface area contributed by atoms with Gasteiger partial charge in [0.2, 0.25) is 0 Å². The Balaban J connectivity index is 2.02. The van der Waals surface area contributed by atoms with Crippen molar-refractivity contribution in [2.75, 3.05) is 5.32 Å². The van der Waals surface area contributed by atoms with E-state index < -0.39 is 23.8 Å². The molecule has 2 rings (SSSR count). The third-order valence-corrected chi connectivity index (χ3v) is 3.28. The number of rotatable bonds is 5. The highest BCUT2D eigenvalue weighted by Crippen LogP contribution is 2.13. The summed E-state index contributed by atoms with van der Waals surface area (Å²) in [4.78, 5) is 35.3. The van der Waals surface area contributed by atoms with Crippen molar-refractivity contribution in [3.8, 4) is 0 Å². The lowest BCUT2D eigenvalue weighted by molar-refractivity contribution is -0.123. The summed E-state index contributed by atoms with van der Waals surface area (Å²) < 4.78 is 18.5. The molecule has 0 heterocycles. The van der Waals surface area contributed by atoms with Crippen LogP contribution in [-0.2, 0) is 9.53 Å². The standard InChI is InChI=1S/C18H16FNO4/c1-11(21)13-6-5-7-14(10-13)20-17(22)12(2)24-18(23)15-8-3-4-9-16(15)19/h3-10,12H,1-2H3,(H,20,22)/t12-/m1/s1. The molecule has 0 aliphatic heterocycles. The van der Waals surface area contributed by atoms with Gasteiger partial charge in [-0.1, -0.05) is 24.3 Å². The van der Waals surface area contributed by atoms with E-state index in [0.717, 1.165) is 6.07 Å². The maximum absolute atomic E-state index is 13.5. The van der Waals surface area contributed by atoms with Crippen molar-refractivity contribution in [1.82, 2.24) is 0 Å². The maximum Gasteiger partial charge on any atom is 0.341 e. The number of ether oxygens (including phenoxy) is 1. The van der Waals surface area contributed by atoms with E-state index in [2.05, 4.69) is 5.32 Å². The smallest absolute Gasteiger partial charge is 0.341 e. The second-order valence-electron chi connectivity index (χ2n) is 5.15. The van der Waals surface area contributed by atoms with Crippen LogP contribution in [0.3, 0.4) is 0 Å². The Labute approximate surface area is 138 Å². The Hall–Kier alpha value is -3.02. The molecule has 0 radical (unpaired) electrons. The fraction of sp³-hybridized carbons (Fsp3) is 0.167. The average molecular weight is 329 g/mol. The monoisotopic (exact) mass is 329 g/mol. The van der Waals surface area contributed by atoms with Gasteiger partial charge in [0.15, 0.2) is 11.9 Å². The van der Waals surface area contributed by atoms with Crippen LogP contribution < -0.4 is 5.32 Å². The lowest BCUT2D eigenvalue weighted by Crippen LogP contribution is -2.30. The molecule has 0 fully saturated rings. The zero-order chi connectivity index (χ0) is 17.7. The molecule has 0 saturated carbocycles. The van der Waals surface area contributed by atoms with Crippen LogP contribution in [-0.4, -0.2) is 23.8 Å². The summed E-state index contributed by atoms with van der Waals surface area (Å²) in [5, 5.41) is 2.55. The SMILES string of the molecule is CC(=O)c1cccc(NC(=O)[C@@H](C)OC(=O)c2ccccc2F)c1. The summed E-state index contributed by atoms with van der Waals surface area (Å²) in [6, 6.07) is 11.7. The van der Waals surface area contributed by atoms with Crippen LogP contribution >= 0.6 is 0 Å². The fourth-order valence-electron chi connectivity index (χ4n) is 1.96. The Morgan fingerprint density at radius 3 is 2.46 bits per heavy atom. The number of amides is 1. The molecule has 5 nitrogen and oxygen atoms in total. The molecule has 2 aromatic rings. The van der Waals surface area contributed by atoms with E-state index in [-0.39, 0.29) is 11.3 Å². The van der Waals surface area contributed by atoms with Crippen LogP contribution in [0.15, 0.2) is 48.5 Å². The third kappa shape index (κ3) is 4.25. The van der Waals surface area contributed by atoms with Crippen LogP contribution in [0, 0.1) is 5.82 Å². The van der Waals surface area contributed by atoms with Crippen molar-refractivity contribution in [2.45, 2.75) is 20.0 Å². The molecule has 0 spiro atoms. The first kappa shape index (κ1) is 17.3. The molecule has 0 aliphatic rings. The fourth-order valence-corrected chi connectivity index (χ4v) is 1.96. The molecule has 124 valence electrons. The minimum Gasteiger partial charge on any atom is -0.449 e. The molecule has 24 heavy (non-hydrogen) atoms. The predicted molar refractivity (Wildman–Crippen MR) is 86.4 cm³/mol. The number of benzene rings is 2. The number of hydrogen-bond donors (Lipinski definition) is 1. The van der Waals surface area contributed by atoms with Crippen LogP contribution in [0.5, 0.6) is 0 Å². The molecule has 0 unspecified atom stereocenters. The highest BCUT2D eigenvalue weighted by atomic mass is 19.1. The largest absolute Gasteiger partial charge is 0.449 e. The van der Waals surface area contributed by atoms with Crippen molar-refractivity contribution in [3.63, 3.8) is 0 Å². The minimum absolute atomic E-state index is 0.134. The zero-order valence-electron chi connectivity index (χ0n) is 13.2. The zero-order valence-corrected chi connectivity index (χ0v) is 13.2. The molecule has 0 aliphatic carbocycles. The summed E-state index contributed by atoms with van der Waals surface area (Å²) in [5.74, 6) is -2.36. The van der Waals surface area contributed by atoms with Crippen LogP contribution in [0.2, 0.25) is 0 Å². The number of carbonyl (C=O) groups excluding carboxylic acids is 3. The van der Waals surface area contributed by atoms with E-state index in [9.17, 15) is 18.8 Å². The van der Waals surface area contributed by atoms with Gasteiger partial charge in [0, 0.05) is 11.3 Å². The Bertz CT molecular complexity index is 788. The molecule has 0 aromatic heterocycles. The predicted octanol–water partition coefficient (Wildman–Crippen LogP) is 3.21. The lowest BCUT2D eigenvalue weighted by Gasteiger charge is -2.14. The first-order valence-corrected chi connectivity index (χ1v) is 7.26. The molecular weight excluding hydrogens is 313 g/mol. The Morgan fingerprint density at radius 1 is 1.08 bits per heavy atom. The number of halogens is 1. The van der Waals surface area contributed by atoms with Gasteiger partial charge in [0.25, 0.3) is 5.91 Å². The minimum atomic E-state index is -1.13. The van der Waals surface area contributed by atoms with Crippen molar-refractivity contribution < 1.29 is 23.5 Å². The van der Waals surface area contributed by atoms with E-state index >= 15 is 0 Å². The van der Waals surface area contributed by atoms with Crippen molar-refractivity contribution in [2.24, 2.45) is 0 Å². The van der Waals surface area contributed by atoms with Crippen LogP contribution in [0.1, 0.15) is 34.6 Å². The Morgan fingerprint density at radius 2 is 1.79 bits per heavy atom. The van der Waals surface area contributed by atoms with E-state index in [0.29, 0.717) is 11.3 Å². The summed E-state index contributed by atoms with van der Waals surface area (Å²) >= 11 is 0. The molecule has 1 amide bonds. The second-order valence-corrected chi connectivity index (χ2v) is 5.15. The number of Topliss-reactive ketones (excluding diaryl/α,β-unsaturated/α-hetero) is 1. The quantitative estimate of drug-likeness (QED) is 0.675. The first-order valence-electron chi connectivity index (χ1n) is 7.26. The molecule has 2 aromatic carbocycles. The molecular formula is C18H16FNO4. The van der Waals surface area contributed by atoms with Gasteiger partial charge in [-0.3, -0.25) is 9.59 Å². The normalized spacial score (nSPS) is 11.5. The summed E-state index contributed by atoms with van der Waals surface area (Å²) in [6.07, 6.45) is -1.13. The van der Waals surface area contributed by atoms with Gasteiger partial charge in [0.1, 0.15) is 5.82 Å². The third-order valence-electron chi connectivity index (χ3n) is 3.28. The van der Waals surface area contributed by atoms with Crippen molar-refractivity contribution >= 4 is 23.3 Å². The van der Waals surface area contributed by atoms with Crippen LogP contribution in [0.25, 0.3) is 0 Å². The first-order chi connectivity index (χ1) is 11.4. The number of hydrogen-bond acceptors (Lipinski definition) is 4. The van der Waals surface area contributed by atoms with Gasteiger partial charge < -0.3 is 10.1 Å². The average Bonchev–Trinajstić information content (AvgIpc) is 2.55. The number of nitrogens with one attached hydrogen (secondary N) is 1. The van der Waals surface area contributed by atoms with Crippen LogP contribution in [0.4, 0.5) is 10.1 Å². The second kappa shape index (κ2) is 7.50. The highest BCUT2D eigenvalue weighted by molar-refractivity contribution is 5.99. The molecule has 0 bridgehead atoms. The van der Waals surface area contributed by atoms with Crippen molar-refractivity contribution in [1.29, 1.82) is 0 Å². The van der Waals surface area contributed by atoms with Gasteiger partial charge in [-0.05, 0) is 38.1 Å². The topological polar surface area (TPSA) is 72.5 Å². The van der Waals surface area contributed by atoms with E-state index in [4.69, 9.17) is 4.74 Å².